The third-order valence-corrected chi connectivity index (χ3v) is 4.78. The first-order valence-corrected chi connectivity index (χ1v) is 9.32. The average Bonchev–Trinajstić information content (AvgIpc) is 3.29. The normalized spacial score (nSPS) is 9.38. The molecular formula is C26H28Cl2Zr. The summed E-state index contributed by atoms with van der Waals surface area (Å²) in [5.74, 6) is 0. The van der Waals surface area contributed by atoms with Crippen LogP contribution >= 0.6 is 24.8 Å². The van der Waals surface area contributed by atoms with Crippen molar-refractivity contribution < 1.29 is 26.2 Å². The number of halogens is 2. The topological polar surface area (TPSA) is 0 Å². The summed E-state index contributed by atoms with van der Waals surface area (Å²) in [6.07, 6.45) is 8.29. The van der Waals surface area contributed by atoms with Crippen LogP contribution in [0.2, 0.25) is 0 Å². The molecule has 0 heterocycles. The van der Waals surface area contributed by atoms with Crippen LogP contribution in [0.1, 0.15) is 24.0 Å². The van der Waals surface area contributed by atoms with Crippen LogP contribution in [0.3, 0.4) is 0 Å². The Hall–Kier alpha value is -1.40. The summed E-state index contributed by atoms with van der Waals surface area (Å²) in [4.78, 5) is 0. The number of fused-ring (bicyclic) bond motifs is 2. The van der Waals surface area contributed by atoms with Crippen molar-refractivity contribution in [2.75, 3.05) is 0 Å². The molecule has 0 aliphatic carbocycles. The smallest absolute Gasteiger partial charge is 0.168 e. The molecular weight excluding hydrogens is 474 g/mol. The summed E-state index contributed by atoms with van der Waals surface area (Å²) in [6.45, 7) is 7.48. The molecule has 0 amide bonds. The third-order valence-electron chi connectivity index (χ3n) is 4.78. The van der Waals surface area contributed by atoms with E-state index in [-0.39, 0.29) is 51.0 Å². The standard InChI is InChI=1S/2C13H13.2ClH.Zr/c2*1-2-3-6-11-9-10-12-7-4-5-8-13(11)12;;;/h2*2,4-5,7-10H,1,3,6H2;2*1H;/q2*-1;;;+2. The van der Waals surface area contributed by atoms with E-state index in [0.29, 0.717) is 0 Å². The minimum Gasteiger partial charge on any atom is -0.168 e. The van der Waals surface area contributed by atoms with Crippen LogP contribution in [-0.2, 0) is 39.0 Å². The van der Waals surface area contributed by atoms with Gasteiger partial charge in [0.05, 0.1) is 0 Å². The van der Waals surface area contributed by atoms with Gasteiger partial charge in [-0.2, -0.15) is 12.1 Å². The molecule has 0 bridgehead atoms. The Labute approximate surface area is 206 Å². The van der Waals surface area contributed by atoms with Gasteiger partial charge < -0.3 is 0 Å². The summed E-state index contributed by atoms with van der Waals surface area (Å²) in [5.41, 5.74) is 2.88. The zero-order valence-electron chi connectivity index (χ0n) is 16.6. The number of aryl methyl sites for hydroxylation is 2. The van der Waals surface area contributed by atoms with Gasteiger partial charge in [-0.05, 0) is 12.8 Å². The molecule has 0 radical (unpaired) electrons. The maximum absolute atomic E-state index is 3.74. The Morgan fingerprint density at radius 3 is 1.38 bits per heavy atom. The number of hydrogen-bond donors (Lipinski definition) is 0. The number of hydrogen-bond acceptors (Lipinski definition) is 0. The second-order valence-electron chi connectivity index (χ2n) is 6.55. The fraction of sp³-hybridized carbons (Fsp3) is 0.154. The average molecular weight is 503 g/mol. The van der Waals surface area contributed by atoms with E-state index in [4.69, 9.17) is 0 Å². The van der Waals surface area contributed by atoms with E-state index in [9.17, 15) is 0 Å². The number of allylic oxidation sites excluding steroid dienone is 2. The molecule has 0 aliphatic heterocycles. The molecule has 0 nitrogen and oxygen atoms in total. The summed E-state index contributed by atoms with van der Waals surface area (Å²) >= 11 is 0. The number of benzene rings is 2. The summed E-state index contributed by atoms with van der Waals surface area (Å²) in [5, 5.41) is 5.48. The maximum Gasteiger partial charge on any atom is 2.00 e. The predicted molar refractivity (Wildman–Crippen MR) is 131 cm³/mol. The van der Waals surface area contributed by atoms with Gasteiger partial charge in [0.2, 0.25) is 0 Å². The second kappa shape index (κ2) is 14.6. The molecule has 0 saturated heterocycles. The molecule has 4 aromatic rings. The fourth-order valence-corrected chi connectivity index (χ4v) is 3.38. The molecule has 4 aromatic carbocycles. The zero-order valence-corrected chi connectivity index (χ0v) is 20.7. The summed E-state index contributed by atoms with van der Waals surface area (Å²) < 4.78 is 0. The van der Waals surface area contributed by atoms with Gasteiger partial charge in [-0.15, -0.1) is 119 Å². The molecule has 0 N–H and O–H groups in total. The van der Waals surface area contributed by atoms with E-state index < -0.39 is 0 Å². The van der Waals surface area contributed by atoms with E-state index in [0.717, 1.165) is 25.7 Å². The van der Waals surface area contributed by atoms with Crippen LogP contribution in [0, 0.1) is 0 Å². The first-order valence-electron chi connectivity index (χ1n) is 9.32. The molecule has 0 fully saturated rings. The largest absolute Gasteiger partial charge is 2.00 e. The van der Waals surface area contributed by atoms with E-state index in [1.165, 1.54) is 32.7 Å². The van der Waals surface area contributed by atoms with Crippen LogP contribution in [0.15, 0.2) is 98.1 Å². The van der Waals surface area contributed by atoms with E-state index in [2.05, 4.69) is 86.0 Å². The minimum absolute atomic E-state index is 0. The maximum atomic E-state index is 3.74. The van der Waals surface area contributed by atoms with Crippen LogP contribution in [0.5, 0.6) is 0 Å². The fourth-order valence-electron chi connectivity index (χ4n) is 3.38. The molecule has 0 atom stereocenters. The van der Waals surface area contributed by atoms with Crippen LogP contribution in [0.25, 0.3) is 21.5 Å². The van der Waals surface area contributed by atoms with E-state index in [1.807, 2.05) is 12.2 Å². The Morgan fingerprint density at radius 2 is 1.00 bits per heavy atom. The van der Waals surface area contributed by atoms with Gasteiger partial charge in [0.25, 0.3) is 0 Å². The van der Waals surface area contributed by atoms with Gasteiger partial charge in [0, 0.05) is 0 Å². The van der Waals surface area contributed by atoms with Gasteiger partial charge in [0.1, 0.15) is 0 Å². The Balaban J connectivity index is 0.000000490. The molecule has 0 aliphatic rings. The third kappa shape index (κ3) is 7.41. The van der Waals surface area contributed by atoms with Crippen molar-refractivity contribution in [3.63, 3.8) is 0 Å². The Morgan fingerprint density at radius 1 is 0.621 bits per heavy atom. The van der Waals surface area contributed by atoms with Crippen molar-refractivity contribution in [1.82, 2.24) is 0 Å². The SMILES string of the molecule is C=CCC[c-]1ccc2ccccc21.C=CCC[c-]1ccc2ccccc21.Cl.Cl.[Zr+2]. The first kappa shape index (κ1) is 27.6. The molecule has 150 valence electrons. The van der Waals surface area contributed by atoms with Crippen molar-refractivity contribution in [2.45, 2.75) is 25.7 Å². The van der Waals surface area contributed by atoms with Gasteiger partial charge in [0.15, 0.2) is 0 Å². The number of rotatable bonds is 6. The molecule has 0 saturated carbocycles. The monoisotopic (exact) mass is 500 g/mol. The molecule has 3 heteroatoms. The zero-order chi connectivity index (χ0) is 18.2. The first-order chi connectivity index (χ1) is 12.8. The molecule has 0 aromatic heterocycles. The van der Waals surface area contributed by atoms with E-state index >= 15 is 0 Å². The van der Waals surface area contributed by atoms with Crippen LogP contribution < -0.4 is 0 Å². The van der Waals surface area contributed by atoms with Gasteiger partial charge >= 0.3 is 26.2 Å². The van der Waals surface area contributed by atoms with Crippen LogP contribution in [0.4, 0.5) is 0 Å². The van der Waals surface area contributed by atoms with Gasteiger partial charge in [-0.25, -0.2) is 0 Å². The van der Waals surface area contributed by atoms with Crippen molar-refractivity contribution in [1.29, 1.82) is 0 Å². The minimum atomic E-state index is 0. The van der Waals surface area contributed by atoms with Crippen molar-refractivity contribution in [3.05, 3.63) is 109 Å². The Kier molecular flexibility index (Phi) is 13.9. The Bertz CT molecular complexity index is 912. The molecule has 29 heavy (non-hydrogen) atoms. The second-order valence-corrected chi connectivity index (χ2v) is 6.55. The molecule has 0 unspecified atom stereocenters. The van der Waals surface area contributed by atoms with Crippen molar-refractivity contribution >= 4 is 46.4 Å². The molecule has 0 spiro atoms. The molecule has 4 rings (SSSR count). The van der Waals surface area contributed by atoms with Crippen molar-refractivity contribution in [3.8, 4) is 0 Å². The van der Waals surface area contributed by atoms with Gasteiger partial charge in [-0.3, -0.25) is 0 Å². The van der Waals surface area contributed by atoms with Crippen molar-refractivity contribution in [2.24, 2.45) is 0 Å². The predicted octanol–water partition coefficient (Wildman–Crippen LogP) is 8.20. The van der Waals surface area contributed by atoms with Gasteiger partial charge in [-0.1, -0.05) is 37.1 Å². The van der Waals surface area contributed by atoms with Crippen LogP contribution in [-0.4, -0.2) is 0 Å². The quantitative estimate of drug-likeness (QED) is 0.184. The summed E-state index contributed by atoms with van der Waals surface area (Å²) in [6, 6.07) is 25.9. The summed E-state index contributed by atoms with van der Waals surface area (Å²) in [7, 11) is 0. The van der Waals surface area contributed by atoms with E-state index in [1.54, 1.807) is 0 Å².